The van der Waals surface area contributed by atoms with Crippen molar-refractivity contribution in [3.8, 4) is 5.75 Å². The molecular weight excluding hydrogens is 438 g/mol. The number of methoxy groups -OCH3 is 1. The van der Waals surface area contributed by atoms with E-state index in [9.17, 15) is 13.2 Å². The maximum absolute atomic E-state index is 13.1. The fourth-order valence-electron chi connectivity index (χ4n) is 2.92. The highest BCUT2D eigenvalue weighted by Gasteiger charge is 2.25. The fraction of sp³-hybridized carbons (Fsp3) is 0.318. The van der Waals surface area contributed by atoms with Gasteiger partial charge in [0, 0.05) is 5.56 Å². The van der Waals surface area contributed by atoms with Crippen LogP contribution in [0.2, 0.25) is 5.02 Å². The van der Waals surface area contributed by atoms with Crippen LogP contribution in [0, 0.1) is 0 Å². The smallest absolute Gasteiger partial charge is 0.223 e. The van der Waals surface area contributed by atoms with Gasteiger partial charge in [0.15, 0.2) is 10.8 Å². The number of hydrazine groups is 1. The van der Waals surface area contributed by atoms with Gasteiger partial charge >= 0.3 is 0 Å². The number of benzene rings is 2. The lowest BCUT2D eigenvalue weighted by Crippen LogP contribution is -2.33. The highest BCUT2D eigenvalue weighted by molar-refractivity contribution is 7.95. The minimum absolute atomic E-state index is 0.0580. The van der Waals surface area contributed by atoms with Gasteiger partial charge in [0.2, 0.25) is 9.84 Å². The predicted molar refractivity (Wildman–Crippen MR) is 124 cm³/mol. The second-order valence-electron chi connectivity index (χ2n) is 8.16. The summed E-state index contributed by atoms with van der Waals surface area (Å²) in [5.74, 6) is 6.18. The van der Waals surface area contributed by atoms with E-state index in [1.54, 1.807) is 12.1 Å². The molecule has 168 valence electrons. The van der Waals surface area contributed by atoms with Gasteiger partial charge in [-0.15, -0.1) is 0 Å². The number of halogens is 1. The van der Waals surface area contributed by atoms with Crippen LogP contribution in [0.4, 0.5) is 5.69 Å². The Bertz CT molecular complexity index is 1130. The van der Waals surface area contributed by atoms with Crippen LogP contribution in [0.3, 0.4) is 0 Å². The summed E-state index contributed by atoms with van der Waals surface area (Å²) in [6, 6.07) is 9.45. The van der Waals surface area contributed by atoms with Crippen molar-refractivity contribution in [3.63, 3.8) is 0 Å². The van der Waals surface area contributed by atoms with Crippen molar-refractivity contribution in [2.45, 2.75) is 44.9 Å². The number of nitrogens with two attached hydrogens (primary N) is 2. The van der Waals surface area contributed by atoms with Crippen LogP contribution >= 0.6 is 11.6 Å². The molecule has 0 aliphatic heterocycles. The van der Waals surface area contributed by atoms with Crippen LogP contribution in [0.15, 0.2) is 52.0 Å². The monoisotopic (exact) mass is 465 g/mol. The van der Waals surface area contributed by atoms with Gasteiger partial charge in [-0.05, 0) is 49.1 Å². The Kier molecular flexibility index (Phi) is 7.10. The third-order valence-electron chi connectivity index (χ3n) is 4.95. The Morgan fingerprint density at radius 2 is 1.65 bits per heavy atom. The molecule has 2 aromatic rings. The third kappa shape index (κ3) is 5.03. The van der Waals surface area contributed by atoms with Gasteiger partial charge in [-0.25, -0.2) is 14.3 Å². The molecule has 0 bridgehead atoms. The zero-order chi connectivity index (χ0) is 23.7. The zero-order valence-electron chi connectivity index (χ0n) is 18.5. The molecule has 0 radical (unpaired) electrons. The first-order valence-electron chi connectivity index (χ1n) is 9.47. The van der Waals surface area contributed by atoms with Crippen molar-refractivity contribution >= 4 is 32.9 Å². The molecule has 2 aromatic carbocycles. The SMILES string of the molecule is COc1cc(C(C)=O)c(Cl)cc1N(N)/C(C)=C(\N)S(=O)(=O)c1ccc(C(C)(C)C)cc1. The largest absolute Gasteiger partial charge is 0.494 e. The summed E-state index contributed by atoms with van der Waals surface area (Å²) >= 11 is 6.19. The topological polar surface area (TPSA) is 116 Å². The Labute approximate surface area is 188 Å². The molecule has 0 heterocycles. The number of anilines is 1. The molecule has 0 amide bonds. The van der Waals surface area contributed by atoms with Gasteiger partial charge in [0.25, 0.3) is 0 Å². The average Bonchev–Trinajstić information content (AvgIpc) is 2.71. The summed E-state index contributed by atoms with van der Waals surface area (Å²) in [7, 11) is -2.59. The van der Waals surface area contributed by atoms with Crippen LogP contribution < -0.4 is 21.3 Å². The van der Waals surface area contributed by atoms with Crippen LogP contribution in [0.5, 0.6) is 5.75 Å². The number of hydrogen-bond acceptors (Lipinski definition) is 7. The number of carbonyl (C=O) groups excluding carboxylic acids is 1. The number of nitrogens with zero attached hydrogens (tertiary/aromatic N) is 1. The number of Topliss-reactive ketones (excluding diaryl/α,β-unsaturated/α-hetero) is 1. The molecule has 0 unspecified atom stereocenters. The summed E-state index contributed by atoms with van der Waals surface area (Å²) in [5.41, 5.74) is 7.52. The Balaban J connectivity index is 2.52. The van der Waals surface area contributed by atoms with Crippen molar-refractivity contribution in [1.82, 2.24) is 0 Å². The van der Waals surface area contributed by atoms with Crippen molar-refractivity contribution in [2.75, 3.05) is 12.1 Å². The van der Waals surface area contributed by atoms with Gasteiger partial charge in [0.1, 0.15) is 11.4 Å². The maximum Gasteiger partial charge on any atom is 0.223 e. The second kappa shape index (κ2) is 8.90. The predicted octanol–water partition coefficient (Wildman–Crippen LogP) is 4.15. The quantitative estimate of drug-likeness (QED) is 0.374. The van der Waals surface area contributed by atoms with Crippen LogP contribution in [-0.2, 0) is 15.3 Å². The molecule has 9 heteroatoms. The van der Waals surface area contributed by atoms with Crippen LogP contribution in [0.1, 0.15) is 50.5 Å². The van der Waals surface area contributed by atoms with E-state index in [0.717, 1.165) is 10.6 Å². The highest BCUT2D eigenvalue weighted by atomic mass is 35.5. The summed E-state index contributed by atoms with van der Waals surface area (Å²) in [6.45, 7) is 8.97. The van der Waals surface area contributed by atoms with E-state index in [-0.39, 0.29) is 43.8 Å². The molecular formula is C22H28ClN3O4S. The minimum Gasteiger partial charge on any atom is -0.494 e. The standard InChI is InChI=1S/C22H28ClN3O4S/c1-13(26(25)19-12-18(23)17(14(2)27)11-20(19)30-6)21(24)31(28,29)16-9-7-15(8-10-16)22(3,4)5/h7-12H,24-25H2,1-6H3/b21-13+. The summed E-state index contributed by atoms with van der Waals surface area (Å²) in [5, 5.41) is 0.823. The molecule has 7 nitrogen and oxygen atoms in total. The summed E-state index contributed by atoms with van der Waals surface area (Å²) in [6.07, 6.45) is 0. The number of allylic oxidation sites excluding steroid dienone is 1. The van der Waals surface area contributed by atoms with E-state index >= 15 is 0 Å². The Hall–Kier alpha value is -2.55. The molecule has 31 heavy (non-hydrogen) atoms. The maximum atomic E-state index is 13.1. The van der Waals surface area contributed by atoms with Crippen molar-refractivity contribution in [1.29, 1.82) is 0 Å². The number of sulfone groups is 1. The first-order chi connectivity index (χ1) is 14.2. The van der Waals surface area contributed by atoms with Gasteiger partial charge in [-0.2, -0.15) is 0 Å². The number of hydrogen-bond donors (Lipinski definition) is 2. The van der Waals surface area contributed by atoms with Crippen molar-refractivity contribution in [2.24, 2.45) is 11.6 Å². The van der Waals surface area contributed by atoms with E-state index in [1.165, 1.54) is 45.2 Å². The summed E-state index contributed by atoms with van der Waals surface area (Å²) in [4.78, 5) is 11.8. The van der Waals surface area contributed by atoms with E-state index < -0.39 is 14.9 Å². The second-order valence-corrected chi connectivity index (χ2v) is 10.5. The normalized spacial score (nSPS) is 12.9. The van der Waals surface area contributed by atoms with Crippen molar-refractivity contribution < 1.29 is 17.9 Å². The minimum atomic E-state index is -4.00. The molecule has 0 aromatic heterocycles. The lowest BCUT2D eigenvalue weighted by atomic mass is 9.87. The number of ether oxygens (including phenoxy) is 1. The fourth-order valence-corrected chi connectivity index (χ4v) is 4.45. The molecule has 0 fully saturated rings. The number of carbonyl (C=O) groups is 1. The Morgan fingerprint density at radius 1 is 1.10 bits per heavy atom. The molecule has 0 saturated carbocycles. The van der Waals surface area contributed by atoms with Crippen molar-refractivity contribution in [3.05, 3.63) is 63.3 Å². The first-order valence-corrected chi connectivity index (χ1v) is 11.3. The average molecular weight is 466 g/mol. The van der Waals surface area contributed by atoms with E-state index in [2.05, 4.69) is 0 Å². The third-order valence-corrected chi connectivity index (χ3v) is 7.03. The number of ketones is 1. The van der Waals surface area contributed by atoms with E-state index in [1.807, 2.05) is 20.8 Å². The van der Waals surface area contributed by atoms with E-state index in [4.69, 9.17) is 27.9 Å². The first kappa shape index (κ1) is 24.7. The van der Waals surface area contributed by atoms with Gasteiger partial charge < -0.3 is 10.5 Å². The molecule has 0 saturated heterocycles. The number of rotatable bonds is 6. The highest BCUT2D eigenvalue weighted by Crippen LogP contribution is 2.35. The van der Waals surface area contributed by atoms with E-state index in [0.29, 0.717) is 0 Å². The zero-order valence-corrected chi connectivity index (χ0v) is 20.1. The lowest BCUT2D eigenvalue weighted by molar-refractivity contribution is 0.101. The van der Waals surface area contributed by atoms with Gasteiger partial charge in [0.05, 0.1) is 22.7 Å². The van der Waals surface area contributed by atoms with Gasteiger partial charge in [-0.3, -0.25) is 9.80 Å². The molecule has 0 atom stereocenters. The molecule has 2 rings (SSSR count). The van der Waals surface area contributed by atoms with Crippen LogP contribution in [0.25, 0.3) is 0 Å². The summed E-state index contributed by atoms with van der Waals surface area (Å²) < 4.78 is 31.4. The molecule has 0 aliphatic carbocycles. The van der Waals surface area contributed by atoms with Gasteiger partial charge in [-0.1, -0.05) is 44.5 Å². The lowest BCUT2D eigenvalue weighted by Gasteiger charge is -2.24. The Morgan fingerprint density at radius 3 is 2.10 bits per heavy atom. The van der Waals surface area contributed by atoms with Crippen LogP contribution in [-0.4, -0.2) is 21.3 Å². The molecule has 4 N–H and O–H groups in total. The molecule has 0 spiro atoms. The molecule has 0 aliphatic rings.